The van der Waals surface area contributed by atoms with Gasteiger partial charge in [-0.05, 0) is 38.3 Å². The smallest absolute Gasteiger partial charge is 0.107 e. The first-order chi connectivity index (χ1) is 11.1. The maximum Gasteiger partial charge on any atom is 0.107 e. The number of thiazole rings is 1. The number of rotatable bonds is 4. The van der Waals surface area contributed by atoms with Gasteiger partial charge in [-0.3, -0.25) is 9.80 Å². The van der Waals surface area contributed by atoms with E-state index in [4.69, 9.17) is 4.98 Å². The van der Waals surface area contributed by atoms with E-state index in [1.165, 1.54) is 49.5 Å². The topological polar surface area (TPSA) is 39.6 Å². The third kappa shape index (κ3) is 4.53. The minimum atomic E-state index is -0.216. The Bertz CT molecular complexity index is 482. The van der Waals surface area contributed by atoms with E-state index in [-0.39, 0.29) is 6.10 Å². The molecule has 2 fully saturated rings. The monoisotopic (exact) mass is 337 g/mol. The molecule has 0 amide bonds. The Morgan fingerprint density at radius 3 is 2.57 bits per heavy atom. The highest BCUT2D eigenvalue weighted by molar-refractivity contribution is 7.09. The molecule has 0 aliphatic carbocycles. The Morgan fingerprint density at radius 1 is 1.22 bits per heavy atom. The molecule has 2 aliphatic rings. The summed E-state index contributed by atoms with van der Waals surface area (Å²) in [6.07, 6.45) is 6.17. The maximum absolute atomic E-state index is 10.7. The molecular formula is C18H31N3OS. The third-order valence-electron chi connectivity index (χ3n) is 5.26. The van der Waals surface area contributed by atoms with Gasteiger partial charge in [0.25, 0.3) is 0 Å². The Kier molecular flexibility index (Phi) is 6.07. The summed E-state index contributed by atoms with van der Waals surface area (Å²) in [5.41, 5.74) is 1.20. The lowest BCUT2D eigenvalue weighted by Gasteiger charge is -2.41. The molecule has 2 atom stereocenters. The molecule has 3 heterocycles. The maximum atomic E-state index is 10.7. The number of likely N-dealkylation sites (tertiary alicyclic amines) is 2. The summed E-state index contributed by atoms with van der Waals surface area (Å²) in [6, 6.07) is 0.367. The van der Waals surface area contributed by atoms with E-state index in [1.807, 2.05) is 0 Å². The summed E-state index contributed by atoms with van der Waals surface area (Å²) < 4.78 is 0. The quantitative estimate of drug-likeness (QED) is 0.916. The van der Waals surface area contributed by atoms with E-state index in [0.29, 0.717) is 12.0 Å². The van der Waals surface area contributed by atoms with Gasteiger partial charge < -0.3 is 5.11 Å². The molecule has 1 N–H and O–H groups in total. The number of aliphatic hydroxyl groups excluding tert-OH is 1. The number of aromatic nitrogens is 1. The van der Waals surface area contributed by atoms with Crippen LogP contribution in [0.15, 0.2) is 5.38 Å². The zero-order valence-electron chi connectivity index (χ0n) is 14.6. The molecule has 0 saturated carbocycles. The number of β-amino-alcohol motifs (C(OH)–C–C–N with tert-alkyl or cyclic N) is 1. The summed E-state index contributed by atoms with van der Waals surface area (Å²) in [7, 11) is 0. The fourth-order valence-electron chi connectivity index (χ4n) is 3.84. The Morgan fingerprint density at radius 2 is 1.96 bits per heavy atom. The van der Waals surface area contributed by atoms with Crippen molar-refractivity contribution in [3.8, 4) is 0 Å². The van der Waals surface area contributed by atoms with Crippen LogP contribution < -0.4 is 0 Å². The van der Waals surface area contributed by atoms with Gasteiger partial charge in [0, 0.05) is 24.5 Å². The molecule has 2 aliphatic heterocycles. The molecule has 0 radical (unpaired) electrons. The molecule has 0 bridgehead atoms. The zero-order valence-corrected chi connectivity index (χ0v) is 15.4. The van der Waals surface area contributed by atoms with Crippen molar-refractivity contribution in [3.63, 3.8) is 0 Å². The van der Waals surface area contributed by atoms with Crippen molar-refractivity contribution < 1.29 is 5.11 Å². The van der Waals surface area contributed by atoms with Gasteiger partial charge in [0.15, 0.2) is 0 Å². The van der Waals surface area contributed by atoms with E-state index in [9.17, 15) is 5.11 Å². The van der Waals surface area contributed by atoms with Crippen LogP contribution in [0.25, 0.3) is 0 Å². The molecule has 2 saturated heterocycles. The van der Waals surface area contributed by atoms with E-state index >= 15 is 0 Å². The molecule has 0 spiro atoms. The Hall–Kier alpha value is -0.490. The van der Waals surface area contributed by atoms with Crippen molar-refractivity contribution in [2.45, 2.75) is 70.6 Å². The summed E-state index contributed by atoms with van der Waals surface area (Å²) in [5.74, 6) is 0.499. The second kappa shape index (κ2) is 8.06. The van der Waals surface area contributed by atoms with Crippen molar-refractivity contribution in [1.29, 1.82) is 0 Å². The highest BCUT2D eigenvalue weighted by Crippen LogP contribution is 2.24. The van der Waals surface area contributed by atoms with Crippen molar-refractivity contribution in [1.82, 2.24) is 14.8 Å². The van der Waals surface area contributed by atoms with Gasteiger partial charge in [0.05, 0.1) is 18.3 Å². The van der Waals surface area contributed by atoms with Crippen LogP contribution in [-0.2, 0) is 6.54 Å². The van der Waals surface area contributed by atoms with Crippen LogP contribution in [0.2, 0.25) is 0 Å². The average molecular weight is 338 g/mol. The normalized spacial score (nSPS) is 28.2. The van der Waals surface area contributed by atoms with Crippen LogP contribution >= 0.6 is 11.3 Å². The summed E-state index contributed by atoms with van der Waals surface area (Å²) in [4.78, 5) is 9.66. The number of nitrogens with zero attached hydrogens (tertiary/aromatic N) is 3. The second-order valence-corrected chi connectivity index (χ2v) is 8.37. The van der Waals surface area contributed by atoms with Crippen LogP contribution in [-0.4, -0.2) is 58.2 Å². The van der Waals surface area contributed by atoms with Crippen molar-refractivity contribution in [2.75, 3.05) is 26.2 Å². The van der Waals surface area contributed by atoms with E-state index in [2.05, 4.69) is 29.0 Å². The fourth-order valence-corrected chi connectivity index (χ4v) is 4.83. The number of hydrogen-bond acceptors (Lipinski definition) is 5. The number of piperidine rings is 1. The minimum absolute atomic E-state index is 0.216. The average Bonchev–Trinajstić information content (AvgIpc) is 2.82. The van der Waals surface area contributed by atoms with Gasteiger partial charge in [0.1, 0.15) is 5.01 Å². The zero-order chi connectivity index (χ0) is 16.2. The molecule has 1 aromatic rings. The summed E-state index contributed by atoms with van der Waals surface area (Å²) >= 11 is 1.76. The van der Waals surface area contributed by atoms with Crippen molar-refractivity contribution in [3.05, 3.63) is 16.1 Å². The lowest BCUT2D eigenvalue weighted by atomic mass is 9.99. The number of aliphatic hydroxyl groups is 1. The highest BCUT2D eigenvalue weighted by Gasteiger charge is 2.32. The highest BCUT2D eigenvalue weighted by atomic mass is 32.1. The van der Waals surface area contributed by atoms with Crippen LogP contribution in [0, 0.1) is 0 Å². The van der Waals surface area contributed by atoms with E-state index in [1.54, 1.807) is 11.3 Å². The van der Waals surface area contributed by atoms with Gasteiger partial charge in [0.2, 0.25) is 0 Å². The first-order valence-corrected chi connectivity index (χ1v) is 10.1. The summed E-state index contributed by atoms with van der Waals surface area (Å²) in [6.45, 7) is 9.48. The first kappa shape index (κ1) is 17.3. The molecule has 0 aromatic carbocycles. The van der Waals surface area contributed by atoms with Gasteiger partial charge in [-0.1, -0.05) is 26.7 Å². The van der Waals surface area contributed by atoms with Crippen molar-refractivity contribution in [2.24, 2.45) is 0 Å². The van der Waals surface area contributed by atoms with E-state index < -0.39 is 0 Å². The molecule has 1 aromatic heterocycles. The molecule has 4 nitrogen and oxygen atoms in total. The Balaban J connectivity index is 1.53. The SMILES string of the molecule is CC(C)c1csc(CN2CC[C@H](N3CCCCCC3)[C@@H](O)C2)n1. The molecule has 3 rings (SSSR count). The predicted octanol–water partition coefficient (Wildman–Crippen LogP) is 3.08. The van der Waals surface area contributed by atoms with Crippen molar-refractivity contribution >= 4 is 11.3 Å². The molecular weight excluding hydrogens is 306 g/mol. The molecule has 5 heteroatoms. The summed E-state index contributed by atoms with van der Waals surface area (Å²) in [5, 5.41) is 14.0. The fraction of sp³-hybridized carbons (Fsp3) is 0.833. The predicted molar refractivity (Wildman–Crippen MR) is 95.9 cm³/mol. The van der Waals surface area contributed by atoms with Gasteiger partial charge in [-0.2, -0.15) is 0 Å². The standard InChI is InChI=1S/C18H31N3OS/c1-14(2)15-13-23-18(19-15)12-20-10-7-16(17(22)11-20)21-8-5-3-4-6-9-21/h13-14,16-17,22H,3-12H2,1-2H3/t16-,17-/m0/s1. The first-order valence-electron chi connectivity index (χ1n) is 9.22. The Labute approximate surface area is 144 Å². The second-order valence-electron chi connectivity index (χ2n) is 7.43. The molecule has 23 heavy (non-hydrogen) atoms. The largest absolute Gasteiger partial charge is 0.390 e. The lowest BCUT2D eigenvalue weighted by molar-refractivity contribution is -0.0144. The molecule has 130 valence electrons. The van der Waals surface area contributed by atoms with Gasteiger partial charge in [-0.25, -0.2) is 4.98 Å². The van der Waals surface area contributed by atoms with Crippen LogP contribution in [0.5, 0.6) is 0 Å². The number of hydrogen-bond donors (Lipinski definition) is 1. The third-order valence-corrected chi connectivity index (χ3v) is 6.11. The van der Waals surface area contributed by atoms with E-state index in [0.717, 1.165) is 26.1 Å². The minimum Gasteiger partial charge on any atom is -0.390 e. The lowest BCUT2D eigenvalue weighted by Crippen LogP contribution is -2.54. The van der Waals surface area contributed by atoms with Gasteiger partial charge >= 0.3 is 0 Å². The molecule has 0 unspecified atom stereocenters. The van der Waals surface area contributed by atoms with Crippen LogP contribution in [0.1, 0.15) is 62.6 Å². The van der Waals surface area contributed by atoms with Crippen LogP contribution in [0.4, 0.5) is 0 Å². The van der Waals surface area contributed by atoms with Crippen LogP contribution in [0.3, 0.4) is 0 Å². The van der Waals surface area contributed by atoms with Gasteiger partial charge in [-0.15, -0.1) is 11.3 Å².